The van der Waals surface area contributed by atoms with E-state index in [4.69, 9.17) is 5.73 Å². The second-order valence-corrected chi connectivity index (χ2v) is 6.05. The fourth-order valence-corrected chi connectivity index (χ4v) is 3.05. The first kappa shape index (κ1) is 14.4. The van der Waals surface area contributed by atoms with Gasteiger partial charge in [0.15, 0.2) is 0 Å². The van der Waals surface area contributed by atoms with E-state index < -0.39 is 0 Å². The quantitative estimate of drug-likeness (QED) is 0.897. The molecule has 4 heteroatoms. The van der Waals surface area contributed by atoms with Gasteiger partial charge in [-0.2, -0.15) is 11.8 Å². The van der Waals surface area contributed by atoms with Crippen LogP contribution in [0.15, 0.2) is 30.3 Å². The van der Waals surface area contributed by atoms with Gasteiger partial charge in [-0.25, -0.2) is 0 Å². The number of likely N-dealkylation sites (tertiary alicyclic amines) is 1. The Bertz CT molecular complexity index is 410. The average Bonchev–Trinajstić information content (AvgIpc) is 2.94. The van der Waals surface area contributed by atoms with E-state index in [2.05, 4.69) is 24.3 Å². The number of nitrogens with two attached hydrogens (primary N) is 1. The van der Waals surface area contributed by atoms with Gasteiger partial charge in [-0.05, 0) is 30.4 Å². The lowest BCUT2D eigenvalue weighted by Crippen LogP contribution is -2.42. The minimum Gasteiger partial charge on any atom is -0.341 e. The number of hydrogen-bond donors (Lipinski definition) is 1. The molecule has 1 unspecified atom stereocenters. The summed E-state index contributed by atoms with van der Waals surface area (Å²) >= 11 is 1.74. The number of benzene rings is 1. The Labute approximate surface area is 119 Å². The van der Waals surface area contributed by atoms with Crippen molar-refractivity contribution in [3.05, 3.63) is 35.9 Å². The molecule has 0 saturated carbocycles. The van der Waals surface area contributed by atoms with E-state index in [0.29, 0.717) is 5.92 Å². The van der Waals surface area contributed by atoms with Crippen molar-refractivity contribution in [2.24, 2.45) is 5.73 Å². The molecule has 1 aliphatic heterocycles. The van der Waals surface area contributed by atoms with Crippen molar-refractivity contribution in [1.29, 1.82) is 0 Å². The highest BCUT2D eigenvalue weighted by Crippen LogP contribution is 2.27. The zero-order valence-electron chi connectivity index (χ0n) is 11.4. The molecule has 1 fully saturated rings. The largest absolute Gasteiger partial charge is 0.341 e. The lowest BCUT2D eigenvalue weighted by atomic mass is 9.99. The molecule has 0 aliphatic carbocycles. The Hall–Kier alpha value is -1.00. The molecule has 1 aromatic carbocycles. The Balaban J connectivity index is 1.89. The summed E-state index contributed by atoms with van der Waals surface area (Å²) in [4.78, 5) is 14.2. The van der Waals surface area contributed by atoms with Gasteiger partial charge < -0.3 is 10.6 Å². The summed E-state index contributed by atoms with van der Waals surface area (Å²) in [6.07, 6.45) is 3.86. The lowest BCUT2D eigenvalue weighted by molar-refractivity contribution is -0.131. The van der Waals surface area contributed by atoms with E-state index in [1.807, 2.05) is 17.2 Å². The minimum absolute atomic E-state index is 0.118. The molecular weight excluding hydrogens is 256 g/mol. The number of carbonyl (C=O) groups is 1. The fraction of sp³-hybridized carbons (Fsp3) is 0.533. The number of thioether (sulfide) groups is 1. The third-order valence-corrected chi connectivity index (χ3v) is 4.37. The van der Waals surface area contributed by atoms with E-state index in [9.17, 15) is 4.79 Å². The molecule has 1 heterocycles. The van der Waals surface area contributed by atoms with E-state index >= 15 is 0 Å². The van der Waals surface area contributed by atoms with Gasteiger partial charge >= 0.3 is 0 Å². The van der Waals surface area contributed by atoms with Crippen LogP contribution in [0.3, 0.4) is 0 Å². The molecule has 1 aliphatic rings. The second kappa shape index (κ2) is 6.96. The highest BCUT2D eigenvalue weighted by molar-refractivity contribution is 7.98. The Morgan fingerprint density at radius 2 is 2.21 bits per heavy atom. The standard InChI is InChI=1S/C15H22N2OS/c1-19-10-8-14(16)15(18)17-9-7-13(11-17)12-5-3-2-4-6-12/h2-6,13-14H,7-11,16H2,1H3/t13?,14-/m0/s1. The number of rotatable bonds is 5. The molecular formula is C15H22N2OS. The summed E-state index contributed by atoms with van der Waals surface area (Å²) < 4.78 is 0. The topological polar surface area (TPSA) is 46.3 Å². The molecule has 0 aromatic heterocycles. The first-order valence-electron chi connectivity index (χ1n) is 6.80. The van der Waals surface area contributed by atoms with Crippen LogP contribution >= 0.6 is 11.8 Å². The van der Waals surface area contributed by atoms with Crippen LogP contribution in [0, 0.1) is 0 Å². The average molecular weight is 278 g/mol. The number of nitrogens with zero attached hydrogens (tertiary/aromatic N) is 1. The molecule has 0 spiro atoms. The molecule has 2 N–H and O–H groups in total. The maximum Gasteiger partial charge on any atom is 0.239 e. The smallest absolute Gasteiger partial charge is 0.239 e. The van der Waals surface area contributed by atoms with Crippen LogP contribution in [0.1, 0.15) is 24.3 Å². The molecule has 0 bridgehead atoms. The second-order valence-electron chi connectivity index (χ2n) is 5.07. The monoisotopic (exact) mass is 278 g/mol. The molecule has 2 atom stereocenters. The molecule has 0 radical (unpaired) electrons. The van der Waals surface area contributed by atoms with Crippen molar-refractivity contribution < 1.29 is 4.79 Å². The van der Waals surface area contributed by atoms with E-state index in [1.54, 1.807) is 11.8 Å². The highest BCUT2D eigenvalue weighted by atomic mass is 32.2. The molecule has 1 saturated heterocycles. The summed E-state index contributed by atoms with van der Waals surface area (Å²) in [5, 5.41) is 0. The summed E-state index contributed by atoms with van der Waals surface area (Å²) in [5.41, 5.74) is 7.29. The summed E-state index contributed by atoms with van der Waals surface area (Å²) in [6, 6.07) is 10.1. The van der Waals surface area contributed by atoms with Crippen LogP contribution in [0.5, 0.6) is 0 Å². The summed E-state index contributed by atoms with van der Waals surface area (Å²) in [7, 11) is 0. The van der Waals surface area contributed by atoms with Gasteiger partial charge in [0.2, 0.25) is 5.91 Å². The van der Waals surface area contributed by atoms with Crippen LogP contribution in [0.25, 0.3) is 0 Å². The van der Waals surface area contributed by atoms with Gasteiger partial charge in [0.05, 0.1) is 6.04 Å². The first-order chi connectivity index (χ1) is 9.22. The van der Waals surface area contributed by atoms with Crippen LogP contribution in [-0.4, -0.2) is 41.9 Å². The van der Waals surface area contributed by atoms with Crippen molar-refractivity contribution in [2.45, 2.75) is 24.8 Å². The summed E-state index contributed by atoms with van der Waals surface area (Å²) in [6.45, 7) is 1.65. The predicted octanol–water partition coefficient (Wildman–Crippen LogP) is 2.08. The van der Waals surface area contributed by atoms with Crippen molar-refractivity contribution in [3.63, 3.8) is 0 Å². The number of carbonyl (C=O) groups excluding carboxylic acids is 1. The van der Waals surface area contributed by atoms with Crippen LogP contribution in [-0.2, 0) is 4.79 Å². The van der Waals surface area contributed by atoms with Gasteiger partial charge in [-0.3, -0.25) is 4.79 Å². The normalized spacial score (nSPS) is 20.5. The molecule has 1 aromatic rings. The molecule has 3 nitrogen and oxygen atoms in total. The fourth-order valence-electron chi connectivity index (χ4n) is 2.56. The Morgan fingerprint density at radius 3 is 2.89 bits per heavy atom. The van der Waals surface area contributed by atoms with Gasteiger partial charge in [-0.1, -0.05) is 30.3 Å². The number of amides is 1. The van der Waals surface area contributed by atoms with Crippen molar-refractivity contribution in [2.75, 3.05) is 25.1 Å². The maximum atomic E-state index is 12.2. The Morgan fingerprint density at radius 1 is 1.47 bits per heavy atom. The van der Waals surface area contributed by atoms with Crippen molar-refractivity contribution in [1.82, 2.24) is 4.90 Å². The van der Waals surface area contributed by atoms with Gasteiger partial charge in [-0.15, -0.1) is 0 Å². The highest BCUT2D eigenvalue weighted by Gasteiger charge is 2.29. The van der Waals surface area contributed by atoms with Gasteiger partial charge in [0.1, 0.15) is 0 Å². The lowest BCUT2D eigenvalue weighted by Gasteiger charge is -2.20. The zero-order valence-corrected chi connectivity index (χ0v) is 12.2. The maximum absolute atomic E-state index is 12.2. The van der Waals surface area contributed by atoms with Gasteiger partial charge in [0.25, 0.3) is 0 Å². The number of hydrogen-bond acceptors (Lipinski definition) is 3. The third kappa shape index (κ3) is 3.74. The van der Waals surface area contributed by atoms with Crippen LogP contribution < -0.4 is 5.73 Å². The van der Waals surface area contributed by atoms with Crippen molar-refractivity contribution in [3.8, 4) is 0 Å². The third-order valence-electron chi connectivity index (χ3n) is 3.72. The van der Waals surface area contributed by atoms with E-state index in [0.717, 1.165) is 31.7 Å². The predicted molar refractivity (Wildman–Crippen MR) is 81.4 cm³/mol. The van der Waals surface area contributed by atoms with Crippen LogP contribution in [0.4, 0.5) is 0 Å². The SMILES string of the molecule is CSCC[C@H](N)C(=O)N1CCC(c2ccccc2)C1. The van der Waals surface area contributed by atoms with Crippen LogP contribution in [0.2, 0.25) is 0 Å². The zero-order chi connectivity index (χ0) is 13.7. The van der Waals surface area contributed by atoms with E-state index in [-0.39, 0.29) is 11.9 Å². The molecule has 19 heavy (non-hydrogen) atoms. The summed E-state index contributed by atoms with van der Waals surface area (Å²) in [5.74, 6) is 1.54. The Kier molecular flexibility index (Phi) is 5.28. The van der Waals surface area contributed by atoms with Gasteiger partial charge in [0, 0.05) is 19.0 Å². The minimum atomic E-state index is -0.332. The van der Waals surface area contributed by atoms with E-state index in [1.165, 1.54) is 5.56 Å². The molecule has 1 amide bonds. The molecule has 104 valence electrons. The van der Waals surface area contributed by atoms with Crippen molar-refractivity contribution >= 4 is 17.7 Å². The molecule has 2 rings (SSSR count). The first-order valence-corrected chi connectivity index (χ1v) is 8.20.